The number of hydrogen-bond acceptors (Lipinski definition) is 3. The lowest BCUT2D eigenvalue weighted by molar-refractivity contribution is -0.120. The quantitative estimate of drug-likeness (QED) is 0.742. The van der Waals surface area contributed by atoms with Crippen LogP contribution in [0.2, 0.25) is 0 Å². The molecule has 0 saturated heterocycles. The van der Waals surface area contributed by atoms with Crippen molar-refractivity contribution in [1.29, 1.82) is 0 Å². The van der Waals surface area contributed by atoms with Gasteiger partial charge in [0, 0.05) is 24.7 Å². The molecule has 5 nitrogen and oxygen atoms in total. The molecule has 0 unspecified atom stereocenters. The first kappa shape index (κ1) is 15.2. The summed E-state index contributed by atoms with van der Waals surface area (Å²) in [6.07, 6.45) is 0.591. The van der Waals surface area contributed by atoms with Gasteiger partial charge in [-0.05, 0) is 31.5 Å². The molecule has 0 fully saturated rings. The third-order valence-electron chi connectivity index (χ3n) is 2.50. The average molecular weight is 263 g/mol. The molecule has 1 rings (SSSR count). The fraction of sp³-hybridized carbons (Fsp3) is 0.429. The summed E-state index contributed by atoms with van der Waals surface area (Å²) in [4.78, 5) is 22.9. The van der Waals surface area contributed by atoms with Crippen molar-refractivity contribution in [2.75, 3.05) is 12.4 Å². The van der Waals surface area contributed by atoms with Crippen molar-refractivity contribution in [3.63, 3.8) is 0 Å². The number of carbonyl (C=O) groups is 2. The van der Waals surface area contributed by atoms with Crippen LogP contribution < -0.4 is 16.4 Å². The average Bonchev–Trinajstić information content (AvgIpc) is 2.29. The van der Waals surface area contributed by atoms with Crippen molar-refractivity contribution in [3.8, 4) is 0 Å². The van der Waals surface area contributed by atoms with E-state index in [4.69, 9.17) is 5.73 Å². The predicted molar refractivity (Wildman–Crippen MR) is 75.7 cm³/mol. The summed E-state index contributed by atoms with van der Waals surface area (Å²) >= 11 is 0. The van der Waals surface area contributed by atoms with Crippen LogP contribution in [0.3, 0.4) is 0 Å². The van der Waals surface area contributed by atoms with Gasteiger partial charge < -0.3 is 16.4 Å². The van der Waals surface area contributed by atoms with Gasteiger partial charge in [-0.15, -0.1) is 0 Å². The first-order valence-electron chi connectivity index (χ1n) is 6.18. The number of hydrogen-bond donors (Lipinski definition) is 3. The van der Waals surface area contributed by atoms with Crippen molar-refractivity contribution in [2.45, 2.75) is 32.2 Å². The van der Waals surface area contributed by atoms with Crippen LogP contribution in [0.25, 0.3) is 0 Å². The minimum absolute atomic E-state index is 0.0401. The molecule has 104 valence electrons. The number of anilines is 1. The zero-order valence-electron chi connectivity index (χ0n) is 11.6. The Hall–Kier alpha value is -1.88. The molecule has 0 spiro atoms. The van der Waals surface area contributed by atoms with Gasteiger partial charge in [0.1, 0.15) is 0 Å². The lowest BCUT2D eigenvalue weighted by Crippen LogP contribution is -2.36. The van der Waals surface area contributed by atoms with Crippen LogP contribution in [0.15, 0.2) is 24.3 Å². The van der Waals surface area contributed by atoms with E-state index < -0.39 is 5.54 Å². The van der Waals surface area contributed by atoms with Gasteiger partial charge in [-0.1, -0.05) is 12.1 Å². The Labute approximate surface area is 113 Å². The first-order valence-corrected chi connectivity index (χ1v) is 6.18. The molecule has 0 aromatic heterocycles. The number of nitrogens with two attached hydrogens (primary N) is 1. The maximum Gasteiger partial charge on any atom is 0.226 e. The molecule has 5 heteroatoms. The fourth-order valence-electron chi connectivity index (χ4n) is 1.60. The van der Waals surface area contributed by atoms with Crippen molar-refractivity contribution >= 4 is 17.5 Å². The Morgan fingerprint density at radius 2 is 1.74 bits per heavy atom. The number of likely N-dealkylation sites (N-methyl/N-ethyl adjacent to an activating group) is 1. The van der Waals surface area contributed by atoms with Crippen molar-refractivity contribution in [2.24, 2.45) is 5.73 Å². The molecule has 0 atom stereocenters. The summed E-state index contributed by atoms with van der Waals surface area (Å²) in [6.45, 7) is 3.61. The molecule has 0 aliphatic carbocycles. The standard InChI is InChI=1S/C14H21N3O2/c1-14(2,15)9-13(19)17-11-6-4-10(5-7-11)8-12(18)16-3/h4-7H,8-9,15H2,1-3H3,(H,16,18)(H,17,19). The van der Waals surface area contributed by atoms with Crippen LogP contribution in [0, 0.1) is 0 Å². The number of carbonyl (C=O) groups excluding carboxylic acids is 2. The Kier molecular flexibility index (Phi) is 5.06. The Balaban J connectivity index is 2.57. The highest BCUT2D eigenvalue weighted by Crippen LogP contribution is 2.12. The van der Waals surface area contributed by atoms with Crippen LogP contribution in [0.5, 0.6) is 0 Å². The molecule has 0 saturated carbocycles. The van der Waals surface area contributed by atoms with Gasteiger partial charge in [-0.2, -0.15) is 0 Å². The maximum atomic E-state index is 11.7. The van der Waals surface area contributed by atoms with E-state index in [0.29, 0.717) is 12.1 Å². The number of nitrogens with one attached hydrogen (secondary N) is 2. The molecule has 1 aromatic rings. The van der Waals surface area contributed by atoms with Crippen molar-refractivity contribution < 1.29 is 9.59 Å². The summed E-state index contributed by atoms with van der Waals surface area (Å²) in [5, 5.41) is 5.34. The van der Waals surface area contributed by atoms with Crippen LogP contribution >= 0.6 is 0 Å². The molecular formula is C14H21N3O2. The smallest absolute Gasteiger partial charge is 0.226 e. The first-order chi connectivity index (χ1) is 8.80. The van der Waals surface area contributed by atoms with Gasteiger partial charge in [0.15, 0.2) is 0 Å². The highest BCUT2D eigenvalue weighted by atomic mass is 16.2. The Bertz CT molecular complexity index is 447. The van der Waals surface area contributed by atoms with Crippen LogP contribution in [0.1, 0.15) is 25.8 Å². The summed E-state index contributed by atoms with van der Waals surface area (Å²) in [5.74, 6) is -0.159. The van der Waals surface area contributed by atoms with E-state index in [-0.39, 0.29) is 18.2 Å². The monoisotopic (exact) mass is 263 g/mol. The van der Waals surface area contributed by atoms with Gasteiger partial charge >= 0.3 is 0 Å². The SMILES string of the molecule is CNC(=O)Cc1ccc(NC(=O)CC(C)(C)N)cc1. The van der Waals surface area contributed by atoms with Crippen LogP contribution in [-0.4, -0.2) is 24.4 Å². The van der Waals surface area contributed by atoms with Crippen molar-refractivity contribution in [1.82, 2.24) is 5.32 Å². The Morgan fingerprint density at radius 1 is 1.16 bits per heavy atom. The number of rotatable bonds is 5. The number of amides is 2. The van der Waals surface area contributed by atoms with E-state index in [9.17, 15) is 9.59 Å². The third kappa shape index (κ3) is 6.01. The topological polar surface area (TPSA) is 84.2 Å². The van der Waals surface area contributed by atoms with Gasteiger partial charge in [-0.25, -0.2) is 0 Å². The van der Waals surface area contributed by atoms with Gasteiger partial charge in [0.05, 0.1) is 6.42 Å². The van der Waals surface area contributed by atoms with E-state index in [0.717, 1.165) is 5.56 Å². The van der Waals surface area contributed by atoms with Gasteiger partial charge in [0.2, 0.25) is 11.8 Å². The van der Waals surface area contributed by atoms with Crippen LogP contribution in [-0.2, 0) is 16.0 Å². The summed E-state index contributed by atoms with van der Waals surface area (Å²) < 4.78 is 0. The molecule has 0 aliphatic rings. The fourth-order valence-corrected chi connectivity index (χ4v) is 1.60. The highest BCUT2D eigenvalue weighted by Gasteiger charge is 2.16. The largest absolute Gasteiger partial charge is 0.359 e. The zero-order chi connectivity index (χ0) is 14.5. The second-order valence-electron chi connectivity index (χ2n) is 5.26. The van der Waals surface area contributed by atoms with Crippen molar-refractivity contribution in [3.05, 3.63) is 29.8 Å². The van der Waals surface area contributed by atoms with E-state index in [1.807, 2.05) is 12.1 Å². The van der Waals surface area contributed by atoms with Gasteiger partial charge in [0.25, 0.3) is 0 Å². The predicted octanol–water partition coefficient (Wildman–Crippen LogP) is 1.04. The second-order valence-corrected chi connectivity index (χ2v) is 5.26. The molecule has 1 aromatic carbocycles. The Morgan fingerprint density at radius 3 is 2.21 bits per heavy atom. The minimum Gasteiger partial charge on any atom is -0.359 e. The van der Waals surface area contributed by atoms with E-state index >= 15 is 0 Å². The summed E-state index contributed by atoms with van der Waals surface area (Å²) in [5.41, 5.74) is 6.86. The van der Waals surface area contributed by atoms with E-state index in [1.165, 1.54) is 0 Å². The minimum atomic E-state index is -0.525. The lowest BCUT2D eigenvalue weighted by atomic mass is 10.0. The molecule has 0 bridgehead atoms. The molecule has 0 heterocycles. The third-order valence-corrected chi connectivity index (χ3v) is 2.50. The second kappa shape index (κ2) is 6.33. The summed E-state index contributed by atoms with van der Waals surface area (Å²) in [7, 11) is 1.60. The molecule has 0 radical (unpaired) electrons. The van der Waals surface area contributed by atoms with Gasteiger partial charge in [-0.3, -0.25) is 9.59 Å². The van der Waals surface area contributed by atoms with E-state index in [2.05, 4.69) is 10.6 Å². The molecule has 2 amide bonds. The molecular weight excluding hydrogens is 242 g/mol. The highest BCUT2D eigenvalue weighted by molar-refractivity contribution is 5.91. The lowest BCUT2D eigenvalue weighted by Gasteiger charge is -2.17. The number of benzene rings is 1. The maximum absolute atomic E-state index is 11.7. The van der Waals surface area contributed by atoms with E-state index in [1.54, 1.807) is 33.0 Å². The normalized spacial score (nSPS) is 10.9. The molecule has 4 N–H and O–H groups in total. The zero-order valence-corrected chi connectivity index (χ0v) is 11.6. The molecule has 19 heavy (non-hydrogen) atoms. The summed E-state index contributed by atoms with van der Waals surface area (Å²) in [6, 6.07) is 7.19. The molecule has 0 aliphatic heterocycles. The van der Waals surface area contributed by atoms with Crippen LogP contribution in [0.4, 0.5) is 5.69 Å².